The van der Waals surface area contributed by atoms with Gasteiger partial charge in [0, 0.05) is 32.9 Å². The maximum absolute atomic E-state index is 9.89. The fraction of sp³-hybridized carbons (Fsp3) is 0. The van der Waals surface area contributed by atoms with E-state index < -0.39 is 66.5 Å². The minimum Gasteiger partial charge on any atom is -0.309 e. The van der Waals surface area contributed by atoms with Crippen molar-refractivity contribution in [2.75, 3.05) is 0 Å². The van der Waals surface area contributed by atoms with E-state index >= 15 is 0 Å². The van der Waals surface area contributed by atoms with Crippen LogP contribution in [0.25, 0.3) is 88.4 Å². The van der Waals surface area contributed by atoms with Gasteiger partial charge < -0.3 is 9.13 Å². The van der Waals surface area contributed by atoms with E-state index in [1.54, 1.807) is 34.9 Å². The molecule has 2 nitrogen and oxygen atoms in total. The summed E-state index contributed by atoms with van der Waals surface area (Å²) in [6, 6.07) is 29.2. The van der Waals surface area contributed by atoms with E-state index in [1.165, 1.54) is 10.6 Å². The van der Waals surface area contributed by atoms with E-state index in [-0.39, 0.29) is 66.8 Å². The summed E-state index contributed by atoms with van der Waals surface area (Å²) in [5, 5.41) is -0.150. The number of aromatic nitrogens is 2. The van der Waals surface area contributed by atoms with Gasteiger partial charge in [0.1, 0.15) is 0 Å². The number of benzene rings is 8. The quantitative estimate of drug-likeness (QED) is 0.176. The third kappa shape index (κ3) is 4.57. The molecule has 50 heavy (non-hydrogen) atoms. The van der Waals surface area contributed by atoms with Crippen molar-refractivity contribution in [3.8, 4) is 44.8 Å². The first-order valence-electron chi connectivity index (χ1n) is 22.6. The molecule has 0 radical (unpaired) electrons. The minimum absolute atomic E-state index is 0.00103. The molecule has 10 rings (SSSR count). The summed E-state index contributed by atoms with van der Waals surface area (Å²) in [6.45, 7) is 0. The van der Waals surface area contributed by atoms with Gasteiger partial charge in [-0.3, -0.25) is 0 Å². The molecule has 0 atom stereocenters. The molecule has 10 aromatic rings. The third-order valence-corrected chi connectivity index (χ3v) is 9.05. The zero-order valence-electron chi connectivity index (χ0n) is 39.4. The first-order chi connectivity index (χ1) is 30.2. The highest BCUT2D eigenvalue weighted by Crippen LogP contribution is 2.39. The maximum Gasteiger partial charge on any atom is 0.0645 e. The number of para-hydroxylation sites is 3. The molecule has 0 saturated carbocycles. The molecule has 0 fully saturated rings. The minimum atomic E-state index is -0.550. The summed E-state index contributed by atoms with van der Waals surface area (Å²) in [6.07, 6.45) is 0. The number of nitrogens with zero attached hydrogens (tertiary/aromatic N) is 2. The van der Waals surface area contributed by atoms with Gasteiger partial charge in [-0.15, -0.1) is 0 Å². The standard InChI is InChI=1S/C48H32N2/c1-4-14-33(15-5-1)37-28-38(34-16-6-2-7-17-34)30-40(29-37)50-46-23-13-11-21-42(46)44-32-36(25-27-48(44)50)35-24-26-47-43(31-35)41-20-10-12-22-45(41)49(47)39-18-8-3-9-19-39/h1-32H/i10D,11D,12D,13D,20D,21D,22D,23D,24D,26D,27D,31D,32D. The molecular weight excluding hydrogens is 605 g/mol. The van der Waals surface area contributed by atoms with E-state index in [2.05, 4.69) is 0 Å². The van der Waals surface area contributed by atoms with Gasteiger partial charge in [0.25, 0.3) is 0 Å². The summed E-state index contributed by atoms with van der Waals surface area (Å²) >= 11 is 0. The van der Waals surface area contributed by atoms with Gasteiger partial charge in [-0.1, -0.05) is 127 Å². The number of hydrogen-bond donors (Lipinski definition) is 0. The summed E-state index contributed by atoms with van der Waals surface area (Å²) in [5.74, 6) is 0. The van der Waals surface area contributed by atoms with Gasteiger partial charge in [-0.05, 0) is 100.0 Å². The average Bonchev–Trinajstić information content (AvgIpc) is 3.87. The van der Waals surface area contributed by atoms with E-state index in [0.29, 0.717) is 11.4 Å². The number of hydrogen-bond acceptors (Lipinski definition) is 0. The van der Waals surface area contributed by atoms with Crippen molar-refractivity contribution in [2.24, 2.45) is 0 Å². The Morgan fingerprint density at radius 2 is 0.800 bits per heavy atom. The molecule has 0 saturated heterocycles. The van der Waals surface area contributed by atoms with Crippen LogP contribution in [0.1, 0.15) is 17.8 Å². The Hall–Kier alpha value is -6.64. The maximum atomic E-state index is 9.89. The topological polar surface area (TPSA) is 9.86 Å². The SMILES string of the molecule is [2H]c1c([2H])c([2H])c2c(c1[2H])c1c([2H])c(-c3c([2H])c([2H])c4c(c3[2H])c3c([2H])c([2H])c([2H])c([2H])c3n4-c3ccccc3)cc([2H])c1n2-c1cc(-c2ccccc2)cc(-c2ccccc2)c1. The highest BCUT2D eigenvalue weighted by Gasteiger charge is 2.17. The molecule has 2 aromatic heterocycles. The first kappa shape index (κ1) is 18.2. The predicted molar refractivity (Wildman–Crippen MR) is 211 cm³/mol. The van der Waals surface area contributed by atoms with E-state index in [0.717, 1.165) is 22.3 Å². The first-order valence-corrected chi connectivity index (χ1v) is 16.1. The molecule has 0 spiro atoms. The lowest BCUT2D eigenvalue weighted by Crippen LogP contribution is -1.96. The zero-order chi connectivity index (χ0) is 44.3. The van der Waals surface area contributed by atoms with E-state index in [9.17, 15) is 9.60 Å². The van der Waals surface area contributed by atoms with Gasteiger partial charge in [-0.25, -0.2) is 0 Å². The van der Waals surface area contributed by atoms with Crippen LogP contribution in [0.3, 0.4) is 0 Å². The second-order valence-electron chi connectivity index (χ2n) is 12.0. The van der Waals surface area contributed by atoms with Crippen LogP contribution in [0.15, 0.2) is 194 Å². The fourth-order valence-corrected chi connectivity index (χ4v) is 6.78. The second-order valence-corrected chi connectivity index (χ2v) is 12.0. The van der Waals surface area contributed by atoms with Crippen LogP contribution in [0.2, 0.25) is 0 Å². The predicted octanol–water partition coefficient (Wildman–Crippen LogP) is 12.9. The van der Waals surface area contributed by atoms with Crippen molar-refractivity contribution in [1.29, 1.82) is 0 Å². The fourth-order valence-electron chi connectivity index (χ4n) is 6.78. The van der Waals surface area contributed by atoms with Crippen LogP contribution in [0.4, 0.5) is 0 Å². The normalized spacial score (nSPS) is 15.2. The highest BCUT2D eigenvalue weighted by atomic mass is 15.0. The number of fused-ring (bicyclic) bond motifs is 6. The molecule has 2 heterocycles. The molecule has 234 valence electrons. The summed E-state index contributed by atoms with van der Waals surface area (Å²) in [5.41, 5.74) is 3.98. The van der Waals surface area contributed by atoms with Crippen LogP contribution < -0.4 is 0 Å². The van der Waals surface area contributed by atoms with E-state index in [1.807, 2.05) is 78.9 Å². The molecule has 0 aliphatic heterocycles. The summed E-state index contributed by atoms with van der Waals surface area (Å²) < 4.78 is 122. The lowest BCUT2D eigenvalue weighted by Gasteiger charge is -2.14. The Morgan fingerprint density at radius 1 is 0.320 bits per heavy atom. The molecule has 0 N–H and O–H groups in total. The van der Waals surface area contributed by atoms with Gasteiger partial charge in [-0.2, -0.15) is 0 Å². The molecular formula is C48H32N2. The second kappa shape index (κ2) is 11.5. The van der Waals surface area contributed by atoms with E-state index in [4.69, 9.17) is 8.22 Å². The molecule has 0 unspecified atom stereocenters. The Morgan fingerprint density at radius 3 is 1.40 bits per heavy atom. The zero-order valence-corrected chi connectivity index (χ0v) is 26.4. The van der Waals surface area contributed by atoms with Gasteiger partial charge in [0.15, 0.2) is 0 Å². The Bertz CT molecular complexity index is 3530. The highest BCUT2D eigenvalue weighted by molar-refractivity contribution is 6.12. The smallest absolute Gasteiger partial charge is 0.0645 e. The summed E-state index contributed by atoms with van der Waals surface area (Å²) in [4.78, 5) is 0. The van der Waals surface area contributed by atoms with Crippen molar-refractivity contribution < 1.29 is 17.8 Å². The molecule has 0 bridgehead atoms. The van der Waals surface area contributed by atoms with Crippen molar-refractivity contribution in [3.05, 3.63) is 194 Å². The van der Waals surface area contributed by atoms with Crippen LogP contribution in [0.5, 0.6) is 0 Å². The van der Waals surface area contributed by atoms with Crippen LogP contribution in [-0.2, 0) is 0 Å². The Labute approximate surface area is 309 Å². The van der Waals surface area contributed by atoms with Gasteiger partial charge in [0.2, 0.25) is 0 Å². The summed E-state index contributed by atoms with van der Waals surface area (Å²) in [7, 11) is 0. The molecule has 0 amide bonds. The van der Waals surface area contributed by atoms with Crippen molar-refractivity contribution in [1.82, 2.24) is 9.13 Å². The molecule has 2 heteroatoms. The average molecular weight is 650 g/mol. The van der Waals surface area contributed by atoms with Gasteiger partial charge in [0.05, 0.1) is 39.9 Å². The third-order valence-electron chi connectivity index (χ3n) is 9.05. The lowest BCUT2D eigenvalue weighted by atomic mass is 9.98. The van der Waals surface area contributed by atoms with Crippen LogP contribution >= 0.6 is 0 Å². The van der Waals surface area contributed by atoms with Gasteiger partial charge >= 0.3 is 0 Å². The number of rotatable bonds is 5. The van der Waals surface area contributed by atoms with Crippen molar-refractivity contribution in [3.63, 3.8) is 0 Å². The Kier molecular flexibility index (Phi) is 4.19. The van der Waals surface area contributed by atoms with Crippen molar-refractivity contribution >= 4 is 43.6 Å². The molecule has 8 aromatic carbocycles. The van der Waals surface area contributed by atoms with Crippen LogP contribution in [0, 0.1) is 0 Å². The van der Waals surface area contributed by atoms with Crippen molar-refractivity contribution in [2.45, 2.75) is 0 Å². The molecule has 0 aliphatic carbocycles. The monoisotopic (exact) mass is 649 g/mol. The van der Waals surface area contributed by atoms with Crippen LogP contribution in [-0.4, -0.2) is 9.13 Å². The molecule has 0 aliphatic rings. The lowest BCUT2D eigenvalue weighted by molar-refractivity contribution is 1.18. The Balaban J connectivity index is 1.36. The largest absolute Gasteiger partial charge is 0.309 e.